The van der Waals surface area contributed by atoms with Crippen LogP contribution < -0.4 is 0 Å². The highest BCUT2D eigenvalue weighted by molar-refractivity contribution is 5.59. The van der Waals surface area contributed by atoms with Crippen molar-refractivity contribution in [2.45, 2.75) is 20.3 Å². The molecule has 0 unspecified atom stereocenters. The monoisotopic (exact) mass is 279 g/mol. The molecule has 0 aliphatic heterocycles. The number of benzene rings is 1. The van der Waals surface area contributed by atoms with Crippen molar-refractivity contribution in [1.82, 2.24) is 20.3 Å². The van der Waals surface area contributed by atoms with E-state index in [0.29, 0.717) is 29.4 Å². The van der Waals surface area contributed by atoms with Crippen molar-refractivity contribution in [2.24, 2.45) is 0 Å². The molecule has 0 aliphatic carbocycles. The lowest BCUT2D eigenvalue weighted by Crippen LogP contribution is -1.92. The molecule has 0 radical (unpaired) electrons. The maximum absolute atomic E-state index is 8.96. The maximum Gasteiger partial charge on any atom is 0.262 e. The molecule has 0 atom stereocenters. The zero-order valence-corrected chi connectivity index (χ0v) is 11.7. The molecule has 0 spiro atoms. The normalized spacial score (nSPS) is 10.5. The van der Waals surface area contributed by atoms with Gasteiger partial charge in [-0.2, -0.15) is 15.3 Å². The number of nitriles is 1. The Morgan fingerprint density at radius 1 is 1.24 bits per heavy atom. The lowest BCUT2D eigenvalue weighted by Gasteiger charge is -2.01. The van der Waals surface area contributed by atoms with Crippen LogP contribution in [0.15, 0.2) is 28.9 Å². The second-order valence-electron chi connectivity index (χ2n) is 4.96. The summed E-state index contributed by atoms with van der Waals surface area (Å²) in [5, 5.41) is 19.3. The van der Waals surface area contributed by atoms with Gasteiger partial charge < -0.3 is 4.52 Å². The number of hydrogen-bond donors (Lipinski definition) is 1. The molecule has 0 fully saturated rings. The van der Waals surface area contributed by atoms with Crippen LogP contribution in [0.5, 0.6) is 0 Å². The summed E-state index contributed by atoms with van der Waals surface area (Å²) in [7, 11) is 0. The Labute approximate surface area is 121 Å². The highest BCUT2D eigenvalue weighted by Crippen LogP contribution is 2.20. The van der Waals surface area contributed by atoms with E-state index in [2.05, 4.69) is 52.4 Å². The second kappa shape index (κ2) is 5.21. The average Bonchev–Trinajstić information content (AvgIpc) is 3.05. The van der Waals surface area contributed by atoms with Crippen LogP contribution in [-0.4, -0.2) is 20.3 Å². The molecule has 21 heavy (non-hydrogen) atoms. The summed E-state index contributed by atoms with van der Waals surface area (Å²) in [5.41, 5.74) is 4.38. The molecule has 6 nitrogen and oxygen atoms in total. The van der Waals surface area contributed by atoms with Crippen molar-refractivity contribution in [2.75, 3.05) is 0 Å². The number of nitrogens with one attached hydrogen (secondary N) is 1. The molecule has 0 saturated carbocycles. The fourth-order valence-corrected chi connectivity index (χ4v) is 2.32. The minimum absolute atomic E-state index is 0.305. The van der Waals surface area contributed by atoms with Gasteiger partial charge in [-0.05, 0) is 19.4 Å². The van der Waals surface area contributed by atoms with Crippen molar-refractivity contribution in [3.8, 4) is 17.5 Å². The smallest absolute Gasteiger partial charge is 0.262 e. The van der Waals surface area contributed by atoms with Crippen LogP contribution in [0, 0.1) is 25.2 Å². The Balaban J connectivity index is 1.87. The molecule has 104 valence electrons. The van der Waals surface area contributed by atoms with Gasteiger partial charge in [-0.3, -0.25) is 5.10 Å². The number of aromatic nitrogens is 4. The zero-order valence-electron chi connectivity index (χ0n) is 11.7. The van der Waals surface area contributed by atoms with E-state index in [1.54, 1.807) is 0 Å². The topological polar surface area (TPSA) is 91.4 Å². The van der Waals surface area contributed by atoms with E-state index in [0.717, 1.165) is 5.56 Å². The van der Waals surface area contributed by atoms with E-state index in [1.807, 2.05) is 6.07 Å². The lowest BCUT2D eigenvalue weighted by atomic mass is 10.1. The molecular weight excluding hydrogens is 266 g/mol. The fraction of sp³-hybridized carbons (Fsp3) is 0.200. The quantitative estimate of drug-likeness (QED) is 0.795. The Bertz CT molecular complexity index is 804. The molecule has 0 bridgehead atoms. The highest BCUT2D eigenvalue weighted by Gasteiger charge is 2.15. The first-order valence-electron chi connectivity index (χ1n) is 6.49. The fourth-order valence-electron chi connectivity index (χ4n) is 2.32. The van der Waals surface area contributed by atoms with Crippen molar-refractivity contribution >= 4 is 0 Å². The number of aromatic amines is 1. The van der Waals surface area contributed by atoms with Gasteiger partial charge in [0.2, 0.25) is 0 Å². The number of nitrogens with zero attached hydrogens (tertiary/aromatic N) is 4. The van der Waals surface area contributed by atoms with E-state index in [9.17, 15) is 0 Å². The molecule has 2 aromatic heterocycles. The molecule has 3 rings (SSSR count). The molecule has 0 aliphatic rings. The number of aryl methyl sites for hydroxylation is 2. The summed E-state index contributed by atoms with van der Waals surface area (Å²) in [4.78, 5) is 4.33. The standard InChI is InChI=1S/C15H13N5O/c1-9-3-10(2)5-11(4-9)6-14-18-15(21-20-14)12-8-17-19-13(12)7-16/h3-5,8H,6H2,1-2H3,(H,17,19). The highest BCUT2D eigenvalue weighted by atomic mass is 16.5. The van der Waals surface area contributed by atoms with Crippen LogP contribution in [0.1, 0.15) is 28.2 Å². The van der Waals surface area contributed by atoms with Crippen molar-refractivity contribution in [3.05, 3.63) is 52.6 Å². The van der Waals surface area contributed by atoms with Gasteiger partial charge in [0.05, 0.1) is 11.8 Å². The molecule has 6 heteroatoms. The van der Waals surface area contributed by atoms with E-state index in [-0.39, 0.29) is 0 Å². The summed E-state index contributed by atoms with van der Waals surface area (Å²) < 4.78 is 5.21. The predicted octanol–water partition coefficient (Wildman–Crippen LogP) is 2.54. The summed E-state index contributed by atoms with van der Waals surface area (Å²) in [5.74, 6) is 0.889. The van der Waals surface area contributed by atoms with E-state index in [1.165, 1.54) is 17.3 Å². The first kappa shape index (κ1) is 13.1. The molecule has 2 heterocycles. The Morgan fingerprint density at radius 2 is 2.00 bits per heavy atom. The Morgan fingerprint density at radius 3 is 2.71 bits per heavy atom. The molecule has 3 aromatic rings. The lowest BCUT2D eigenvalue weighted by molar-refractivity contribution is 0.424. The predicted molar refractivity (Wildman–Crippen MR) is 75.3 cm³/mol. The van der Waals surface area contributed by atoms with Gasteiger partial charge in [-0.1, -0.05) is 34.5 Å². The Kier molecular flexibility index (Phi) is 3.24. The van der Waals surface area contributed by atoms with Crippen LogP contribution in [0.4, 0.5) is 0 Å². The minimum atomic E-state index is 0.305. The van der Waals surface area contributed by atoms with Gasteiger partial charge in [0, 0.05) is 6.42 Å². The van der Waals surface area contributed by atoms with Gasteiger partial charge >= 0.3 is 0 Å². The van der Waals surface area contributed by atoms with Gasteiger partial charge in [0.15, 0.2) is 5.82 Å². The third-order valence-electron chi connectivity index (χ3n) is 3.09. The largest absolute Gasteiger partial charge is 0.334 e. The van der Waals surface area contributed by atoms with Crippen molar-refractivity contribution in [3.63, 3.8) is 0 Å². The molecule has 0 saturated heterocycles. The van der Waals surface area contributed by atoms with E-state index in [4.69, 9.17) is 9.78 Å². The number of H-pyrrole nitrogens is 1. The van der Waals surface area contributed by atoms with E-state index >= 15 is 0 Å². The minimum Gasteiger partial charge on any atom is -0.334 e. The molecule has 0 amide bonds. The van der Waals surface area contributed by atoms with Gasteiger partial charge in [-0.25, -0.2) is 0 Å². The summed E-state index contributed by atoms with van der Waals surface area (Å²) >= 11 is 0. The average molecular weight is 279 g/mol. The number of hydrogen-bond acceptors (Lipinski definition) is 5. The van der Waals surface area contributed by atoms with E-state index < -0.39 is 0 Å². The summed E-state index contributed by atoms with van der Waals surface area (Å²) in [6.07, 6.45) is 2.10. The first-order chi connectivity index (χ1) is 10.2. The summed E-state index contributed by atoms with van der Waals surface area (Å²) in [6.45, 7) is 4.12. The zero-order chi connectivity index (χ0) is 14.8. The summed E-state index contributed by atoms with van der Waals surface area (Å²) in [6, 6.07) is 8.32. The SMILES string of the molecule is Cc1cc(C)cc(Cc2noc(-c3cn[nH]c3C#N)n2)c1. The maximum atomic E-state index is 8.96. The third-order valence-corrected chi connectivity index (χ3v) is 3.09. The van der Waals surface area contributed by atoms with Gasteiger partial charge in [0.1, 0.15) is 11.8 Å². The second-order valence-corrected chi connectivity index (χ2v) is 4.96. The van der Waals surface area contributed by atoms with Crippen LogP contribution in [-0.2, 0) is 6.42 Å². The van der Waals surface area contributed by atoms with Crippen LogP contribution in [0.2, 0.25) is 0 Å². The molecule has 1 N–H and O–H groups in total. The van der Waals surface area contributed by atoms with Gasteiger partial charge in [-0.15, -0.1) is 0 Å². The first-order valence-corrected chi connectivity index (χ1v) is 6.49. The van der Waals surface area contributed by atoms with Gasteiger partial charge in [0.25, 0.3) is 5.89 Å². The Hall–Kier alpha value is -2.94. The van der Waals surface area contributed by atoms with Crippen LogP contribution in [0.25, 0.3) is 11.5 Å². The van der Waals surface area contributed by atoms with Crippen LogP contribution >= 0.6 is 0 Å². The molecular formula is C15H13N5O. The van der Waals surface area contributed by atoms with Crippen LogP contribution in [0.3, 0.4) is 0 Å². The van der Waals surface area contributed by atoms with Crippen molar-refractivity contribution in [1.29, 1.82) is 5.26 Å². The third kappa shape index (κ3) is 2.67. The molecule has 1 aromatic carbocycles. The number of rotatable bonds is 3. The van der Waals surface area contributed by atoms with Crippen molar-refractivity contribution < 1.29 is 4.52 Å².